The lowest BCUT2D eigenvalue weighted by Crippen LogP contribution is -2.45. The molecule has 0 aromatic heterocycles. The smallest absolute Gasteiger partial charge is 0.327 e. The lowest BCUT2D eigenvalue weighted by molar-refractivity contribution is -0.167. The van der Waals surface area contributed by atoms with Crippen molar-refractivity contribution in [1.29, 1.82) is 5.26 Å². The van der Waals surface area contributed by atoms with Gasteiger partial charge in [0.05, 0.1) is 25.2 Å². The Morgan fingerprint density at radius 1 is 1.08 bits per heavy atom. The van der Waals surface area contributed by atoms with Gasteiger partial charge in [-0.25, -0.2) is 0 Å². The van der Waals surface area contributed by atoms with Crippen LogP contribution in [0.5, 0.6) is 0 Å². The first kappa shape index (κ1) is 22.4. The second-order valence-corrected chi connectivity index (χ2v) is 7.10. The molecule has 0 heterocycles. The van der Waals surface area contributed by atoms with Gasteiger partial charge in [0.2, 0.25) is 0 Å². The van der Waals surface area contributed by atoms with Crippen molar-refractivity contribution in [3.05, 3.63) is 0 Å². The van der Waals surface area contributed by atoms with Crippen LogP contribution in [0.4, 0.5) is 0 Å². The summed E-state index contributed by atoms with van der Waals surface area (Å²) >= 11 is 0. The summed E-state index contributed by atoms with van der Waals surface area (Å²) in [6.07, 6.45) is 2.38. The van der Waals surface area contributed by atoms with E-state index in [1.807, 2.05) is 34.6 Å². The van der Waals surface area contributed by atoms with Crippen LogP contribution >= 0.6 is 0 Å². The summed E-state index contributed by atoms with van der Waals surface area (Å²) in [5, 5.41) is 9.87. The normalized spacial score (nSPS) is 14.8. The molecule has 138 valence electrons. The highest BCUT2D eigenvalue weighted by Gasteiger charge is 2.52. The van der Waals surface area contributed by atoms with Crippen LogP contribution in [-0.4, -0.2) is 25.2 Å². The highest BCUT2D eigenvalue weighted by molar-refractivity contribution is 5.88. The minimum atomic E-state index is -1.49. The third-order valence-electron chi connectivity index (χ3n) is 3.90. The van der Waals surface area contributed by atoms with E-state index in [-0.39, 0.29) is 24.9 Å². The van der Waals surface area contributed by atoms with Crippen molar-refractivity contribution in [2.24, 2.45) is 23.2 Å². The van der Waals surface area contributed by atoms with Crippen molar-refractivity contribution < 1.29 is 19.1 Å². The lowest BCUT2D eigenvalue weighted by atomic mass is 9.68. The SMILES string of the molecule is CCCCOC(=O)C(CC(C)C)C(C#N)(CC(C)C)C(=O)OCC. The van der Waals surface area contributed by atoms with Gasteiger partial charge in [0.1, 0.15) is 0 Å². The van der Waals surface area contributed by atoms with Crippen molar-refractivity contribution in [2.75, 3.05) is 13.2 Å². The first-order chi connectivity index (χ1) is 11.2. The fraction of sp³-hybridized carbons (Fsp3) is 0.842. The summed E-state index contributed by atoms with van der Waals surface area (Å²) in [7, 11) is 0. The Labute approximate surface area is 146 Å². The first-order valence-electron chi connectivity index (χ1n) is 9.00. The lowest BCUT2D eigenvalue weighted by Gasteiger charge is -2.33. The molecule has 0 N–H and O–H groups in total. The van der Waals surface area contributed by atoms with Crippen LogP contribution in [-0.2, 0) is 19.1 Å². The van der Waals surface area contributed by atoms with E-state index < -0.39 is 23.3 Å². The molecule has 0 saturated heterocycles. The second kappa shape index (κ2) is 11.1. The number of unbranched alkanes of at least 4 members (excludes halogenated alkanes) is 1. The van der Waals surface area contributed by atoms with Crippen LogP contribution in [0.15, 0.2) is 0 Å². The summed E-state index contributed by atoms with van der Waals surface area (Å²) < 4.78 is 10.5. The molecule has 5 nitrogen and oxygen atoms in total. The van der Waals surface area contributed by atoms with Gasteiger partial charge in [0.25, 0.3) is 0 Å². The largest absolute Gasteiger partial charge is 0.465 e. The molecule has 0 bridgehead atoms. The van der Waals surface area contributed by atoms with Gasteiger partial charge in [-0.1, -0.05) is 41.0 Å². The molecule has 0 aliphatic heterocycles. The highest BCUT2D eigenvalue weighted by Crippen LogP contribution is 2.40. The van der Waals surface area contributed by atoms with Gasteiger partial charge in [-0.3, -0.25) is 9.59 Å². The molecule has 0 aromatic carbocycles. The summed E-state index contributed by atoms with van der Waals surface area (Å²) in [6, 6.07) is 2.13. The monoisotopic (exact) mass is 339 g/mol. The maximum absolute atomic E-state index is 12.7. The van der Waals surface area contributed by atoms with Gasteiger partial charge >= 0.3 is 11.9 Å². The third-order valence-corrected chi connectivity index (χ3v) is 3.90. The Hall–Kier alpha value is -1.57. The predicted octanol–water partition coefficient (Wildman–Crippen LogP) is 4.11. The summed E-state index contributed by atoms with van der Waals surface area (Å²) in [6.45, 7) is 12.0. The van der Waals surface area contributed by atoms with E-state index in [1.165, 1.54) is 0 Å². The van der Waals surface area contributed by atoms with E-state index >= 15 is 0 Å². The van der Waals surface area contributed by atoms with Crippen molar-refractivity contribution in [3.63, 3.8) is 0 Å². The van der Waals surface area contributed by atoms with Crippen molar-refractivity contribution in [2.45, 2.75) is 67.2 Å². The average Bonchev–Trinajstić information content (AvgIpc) is 2.50. The Bertz CT molecular complexity index is 439. The molecule has 24 heavy (non-hydrogen) atoms. The highest BCUT2D eigenvalue weighted by atomic mass is 16.5. The summed E-state index contributed by atoms with van der Waals surface area (Å²) in [5.41, 5.74) is -1.49. The van der Waals surface area contributed by atoms with E-state index in [9.17, 15) is 14.9 Å². The van der Waals surface area contributed by atoms with E-state index in [4.69, 9.17) is 9.47 Å². The van der Waals surface area contributed by atoms with Crippen molar-refractivity contribution in [3.8, 4) is 6.07 Å². The molecule has 2 atom stereocenters. The quantitative estimate of drug-likeness (QED) is 0.418. The topological polar surface area (TPSA) is 76.4 Å². The van der Waals surface area contributed by atoms with Crippen LogP contribution < -0.4 is 0 Å². The zero-order valence-corrected chi connectivity index (χ0v) is 16.1. The molecule has 0 radical (unpaired) electrons. The van der Waals surface area contributed by atoms with E-state index in [1.54, 1.807) is 6.92 Å². The van der Waals surface area contributed by atoms with E-state index in [0.717, 1.165) is 12.8 Å². The number of nitriles is 1. The van der Waals surface area contributed by atoms with Gasteiger partial charge in [0.15, 0.2) is 5.41 Å². The molecular weight excluding hydrogens is 306 g/mol. The van der Waals surface area contributed by atoms with Crippen LogP contribution in [0.25, 0.3) is 0 Å². The summed E-state index contributed by atoms with van der Waals surface area (Å²) in [4.78, 5) is 25.3. The number of carbonyl (C=O) groups excluding carboxylic acids is 2. The number of rotatable bonds is 11. The van der Waals surface area contributed by atoms with Crippen LogP contribution in [0.2, 0.25) is 0 Å². The van der Waals surface area contributed by atoms with Crippen molar-refractivity contribution in [1.82, 2.24) is 0 Å². The average molecular weight is 339 g/mol. The first-order valence-corrected chi connectivity index (χ1v) is 9.00. The zero-order valence-electron chi connectivity index (χ0n) is 16.1. The fourth-order valence-corrected chi connectivity index (χ4v) is 2.83. The number of ether oxygens (including phenoxy) is 2. The van der Waals surface area contributed by atoms with Gasteiger partial charge < -0.3 is 9.47 Å². The minimum absolute atomic E-state index is 0.0761. The van der Waals surface area contributed by atoms with E-state index in [0.29, 0.717) is 13.0 Å². The number of nitrogens with zero attached hydrogens (tertiary/aromatic N) is 1. The Kier molecular flexibility index (Phi) is 10.3. The number of carbonyl (C=O) groups is 2. The molecule has 0 aromatic rings. The zero-order chi connectivity index (χ0) is 18.8. The van der Waals surface area contributed by atoms with Gasteiger partial charge in [-0.15, -0.1) is 0 Å². The van der Waals surface area contributed by atoms with Gasteiger partial charge in [-0.05, 0) is 38.0 Å². The minimum Gasteiger partial charge on any atom is -0.465 e. The molecule has 0 aliphatic rings. The maximum atomic E-state index is 12.7. The molecule has 0 saturated carbocycles. The van der Waals surface area contributed by atoms with Crippen molar-refractivity contribution >= 4 is 11.9 Å². The third kappa shape index (κ3) is 6.51. The van der Waals surface area contributed by atoms with E-state index in [2.05, 4.69) is 6.07 Å². The van der Waals surface area contributed by atoms with Crippen LogP contribution in [0, 0.1) is 34.5 Å². The number of hydrogen-bond acceptors (Lipinski definition) is 5. The number of hydrogen-bond donors (Lipinski definition) is 0. The Morgan fingerprint density at radius 3 is 2.12 bits per heavy atom. The van der Waals surface area contributed by atoms with Gasteiger partial charge in [-0.2, -0.15) is 5.26 Å². The fourth-order valence-electron chi connectivity index (χ4n) is 2.83. The molecule has 0 amide bonds. The van der Waals surface area contributed by atoms with Crippen LogP contribution in [0.3, 0.4) is 0 Å². The molecule has 0 aliphatic carbocycles. The standard InChI is InChI=1S/C19H33NO4/c1-7-9-10-24-17(21)16(11-14(3)4)19(13-20,12-15(5)6)18(22)23-8-2/h14-16H,7-12H2,1-6H3. The molecule has 0 spiro atoms. The molecule has 2 unspecified atom stereocenters. The molecule has 0 rings (SSSR count). The molecule has 5 heteroatoms. The maximum Gasteiger partial charge on any atom is 0.327 e. The Balaban J connectivity index is 5.74. The Morgan fingerprint density at radius 2 is 1.71 bits per heavy atom. The number of esters is 2. The molecular formula is C19H33NO4. The second-order valence-electron chi connectivity index (χ2n) is 7.10. The van der Waals surface area contributed by atoms with Crippen LogP contribution in [0.1, 0.15) is 67.2 Å². The predicted molar refractivity (Wildman–Crippen MR) is 92.9 cm³/mol. The van der Waals surface area contributed by atoms with Gasteiger partial charge in [0, 0.05) is 0 Å². The summed E-state index contributed by atoms with van der Waals surface area (Å²) in [5.74, 6) is -1.65. The molecule has 0 fully saturated rings.